The largest absolute Gasteiger partial charge is 0.426 e. The van der Waals surface area contributed by atoms with Crippen molar-refractivity contribution in [2.75, 3.05) is 0 Å². The van der Waals surface area contributed by atoms with Gasteiger partial charge in [-0.25, -0.2) is 0 Å². The molecule has 0 aliphatic carbocycles. The van der Waals surface area contributed by atoms with Gasteiger partial charge in [0.15, 0.2) is 11.5 Å². The van der Waals surface area contributed by atoms with E-state index in [9.17, 15) is 4.79 Å². The average Bonchev–Trinajstić information content (AvgIpc) is 2.93. The fourth-order valence-corrected chi connectivity index (χ4v) is 19.0. The maximum Gasteiger partial charge on any atom is 0.290 e. The number of furan rings is 1. The van der Waals surface area contributed by atoms with Gasteiger partial charge in [0.25, 0.3) is 5.95 Å². The summed E-state index contributed by atoms with van der Waals surface area (Å²) in [6.07, 6.45) is 0. The van der Waals surface area contributed by atoms with Crippen LogP contribution in [0, 0.1) is 6.92 Å². The molecular formula is C18H24O3Si2. The topological polar surface area (TPSA) is 39.4 Å². The summed E-state index contributed by atoms with van der Waals surface area (Å²) in [6, 6.07) is 7.93. The van der Waals surface area contributed by atoms with Gasteiger partial charge in [0.05, 0.1) is 16.1 Å². The lowest BCUT2D eigenvalue weighted by Crippen LogP contribution is -2.44. The first-order chi connectivity index (χ1) is 10.6. The molecule has 0 bridgehead atoms. The predicted octanol–water partition coefficient (Wildman–Crippen LogP) is 3.97. The molecule has 122 valence electrons. The highest BCUT2D eigenvalue weighted by Crippen LogP contribution is 2.31. The van der Waals surface area contributed by atoms with Crippen LogP contribution in [-0.4, -0.2) is 21.9 Å². The Morgan fingerprint density at radius 2 is 1.70 bits per heavy atom. The number of aryl methyl sites for hydroxylation is 1. The number of ether oxygens (including phenoxy) is 1. The molecule has 0 spiro atoms. The number of hydrogen-bond acceptors (Lipinski definition) is 3. The zero-order valence-corrected chi connectivity index (χ0v) is 16.7. The number of rotatable bonds is 3. The second-order valence-corrected chi connectivity index (χ2v) is 17.9. The van der Waals surface area contributed by atoms with Crippen molar-refractivity contribution in [1.82, 2.24) is 0 Å². The number of benzene rings is 1. The van der Waals surface area contributed by atoms with E-state index < -0.39 is 16.1 Å². The smallest absolute Gasteiger partial charge is 0.290 e. The van der Waals surface area contributed by atoms with E-state index in [2.05, 4.69) is 45.2 Å². The highest BCUT2D eigenvalue weighted by molar-refractivity contribution is 7.14. The molecule has 5 heteroatoms. The lowest BCUT2D eigenvalue weighted by molar-refractivity contribution is 0.0982. The first-order valence-electron chi connectivity index (χ1n) is 8.04. The molecule has 0 saturated carbocycles. The zero-order valence-electron chi connectivity index (χ0n) is 14.7. The SMILES string of the molecule is CC(=O)c1ccc(Oc2cc3c(cc2C)[Si](C)(C)C[Si]3(C)C)o1. The summed E-state index contributed by atoms with van der Waals surface area (Å²) in [6.45, 7) is 13.4. The number of ketones is 1. The maximum absolute atomic E-state index is 11.3. The summed E-state index contributed by atoms with van der Waals surface area (Å²) in [7, 11) is -2.70. The van der Waals surface area contributed by atoms with Crippen molar-refractivity contribution in [1.29, 1.82) is 0 Å². The van der Waals surface area contributed by atoms with Crippen LogP contribution >= 0.6 is 0 Å². The lowest BCUT2D eigenvalue weighted by atomic mass is 10.2. The molecule has 1 aromatic heterocycles. The molecule has 2 heterocycles. The molecular weight excluding hydrogens is 320 g/mol. The Morgan fingerprint density at radius 1 is 1.09 bits per heavy atom. The van der Waals surface area contributed by atoms with Crippen molar-refractivity contribution in [3.63, 3.8) is 0 Å². The van der Waals surface area contributed by atoms with Crippen molar-refractivity contribution in [3.8, 4) is 11.7 Å². The van der Waals surface area contributed by atoms with Gasteiger partial charge in [0.2, 0.25) is 0 Å². The molecule has 1 aliphatic rings. The fraction of sp³-hybridized carbons (Fsp3) is 0.389. The van der Waals surface area contributed by atoms with E-state index in [4.69, 9.17) is 9.15 Å². The molecule has 2 aromatic rings. The third-order valence-corrected chi connectivity index (χ3v) is 15.9. The molecule has 3 rings (SSSR count). The minimum atomic E-state index is -1.38. The summed E-state index contributed by atoms with van der Waals surface area (Å²) < 4.78 is 11.4. The Labute approximate surface area is 139 Å². The van der Waals surface area contributed by atoms with E-state index in [0.29, 0.717) is 11.7 Å². The Balaban J connectivity index is 2.00. The van der Waals surface area contributed by atoms with Crippen molar-refractivity contribution in [3.05, 3.63) is 35.6 Å². The van der Waals surface area contributed by atoms with Crippen molar-refractivity contribution in [2.24, 2.45) is 0 Å². The summed E-state index contributed by atoms with van der Waals surface area (Å²) in [4.78, 5) is 11.3. The van der Waals surface area contributed by atoms with Gasteiger partial charge in [-0.05, 0) is 24.6 Å². The average molecular weight is 345 g/mol. The Hall–Kier alpha value is -1.60. The second-order valence-electron chi connectivity index (χ2n) is 7.88. The van der Waals surface area contributed by atoms with Crippen LogP contribution in [-0.2, 0) is 0 Å². The summed E-state index contributed by atoms with van der Waals surface area (Å²) in [5, 5.41) is 3.14. The minimum absolute atomic E-state index is 0.0909. The van der Waals surface area contributed by atoms with Crippen molar-refractivity contribution < 1.29 is 13.9 Å². The zero-order chi connectivity index (χ0) is 17.0. The standard InChI is InChI=1S/C18H24O3Si2/c1-12-9-16-17(23(5,6)11-22(16,3)4)10-15(12)21-18-8-7-14(20-18)13(2)19/h7-10H,11H2,1-6H3. The minimum Gasteiger partial charge on any atom is -0.426 e. The maximum atomic E-state index is 11.3. The Kier molecular flexibility index (Phi) is 3.68. The van der Waals surface area contributed by atoms with Crippen LogP contribution in [0.1, 0.15) is 23.0 Å². The van der Waals surface area contributed by atoms with Gasteiger partial charge in [-0.3, -0.25) is 4.79 Å². The summed E-state index contributed by atoms with van der Waals surface area (Å²) in [5.41, 5.74) is 2.53. The second kappa shape index (κ2) is 5.21. The van der Waals surface area contributed by atoms with E-state index in [0.717, 1.165) is 11.3 Å². The van der Waals surface area contributed by atoms with Gasteiger partial charge in [-0.1, -0.05) is 48.3 Å². The molecule has 0 radical (unpaired) electrons. The number of fused-ring (bicyclic) bond motifs is 1. The summed E-state index contributed by atoms with van der Waals surface area (Å²) >= 11 is 0. The third-order valence-electron chi connectivity index (χ3n) is 4.80. The molecule has 1 aromatic carbocycles. The number of hydrogen-bond donors (Lipinski definition) is 0. The van der Waals surface area contributed by atoms with Gasteiger partial charge in [0.1, 0.15) is 5.75 Å². The van der Waals surface area contributed by atoms with Crippen LogP contribution in [0.2, 0.25) is 31.9 Å². The van der Waals surface area contributed by atoms with Crippen LogP contribution in [0.25, 0.3) is 0 Å². The number of carbonyl (C=O) groups is 1. The molecule has 0 unspecified atom stereocenters. The quantitative estimate of drug-likeness (QED) is 0.625. The van der Waals surface area contributed by atoms with E-state index >= 15 is 0 Å². The monoisotopic (exact) mass is 344 g/mol. The van der Waals surface area contributed by atoms with E-state index in [1.165, 1.54) is 17.8 Å². The van der Waals surface area contributed by atoms with Gasteiger partial charge < -0.3 is 9.15 Å². The molecule has 23 heavy (non-hydrogen) atoms. The Bertz CT molecular complexity index is 788. The van der Waals surface area contributed by atoms with Crippen molar-refractivity contribution >= 4 is 32.3 Å². The molecule has 0 fully saturated rings. The van der Waals surface area contributed by atoms with Crippen LogP contribution < -0.4 is 15.1 Å². The van der Waals surface area contributed by atoms with Crippen LogP contribution in [0.5, 0.6) is 11.7 Å². The van der Waals surface area contributed by atoms with Gasteiger partial charge in [-0.15, -0.1) is 0 Å². The lowest BCUT2D eigenvalue weighted by Gasteiger charge is -2.19. The number of carbonyl (C=O) groups excluding carboxylic acids is 1. The highest BCUT2D eigenvalue weighted by Gasteiger charge is 2.44. The number of Topliss-reactive ketones (excluding diaryl/α,β-unsaturated/α-hetero) is 1. The van der Waals surface area contributed by atoms with Crippen LogP contribution in [0.15, 0.2) is 28.7 Å². The van der Waals surface area contributed by atoms with Crippen LogP contribution in [0.4, 0.5) is 0 Å². The van der Waals surface area contributed by atoms with Crippen LogP contribution in [0.3, 0.4) is 0 Å². The molecule has 1 aliphatic heterocycles. The molecule has 0 amide bonds. The van der Waals surface area contributed by atoms with E-state index in [1.54, 1.807) is 17.3 Å². The molecule has 0 atom stereocenters. The molecule has 0 saturated heterocycles. The predicted molar refractivity (Wildman–Crippen MR) is 99.0 cm³/mol. The van der Waals surface area contributed by atoms with Crippen molar-refractivity contribution in [2.45, 2.75) is 45.7 Å². The fourth-order valence-electron chi connectivity index (χ4n) is 3.89. The Morgan fingerprint density at radius 3 is 2.26 bits per heavy atom. The molecule has 3 nitrogen and oxygen atoms in total. The van der Waals surface area contributed by atoms with E-state index in [1.807, 2.05) is 0 Å². The van der Waals surface area contributed by atoms with Gasteiger partial charge in [-0.2, -0.15) is 0 Å². The van der Waals surface area contributed by atoms with E-state index in [-0.39, 0.29) is 5.78 Å². The third kappa shape index (κ3) is 2.83. The first kappa shape index (κ1) is 16.3. The highest BCUT2D eigenvalue weighted by atomic mass is 28.4. The molecule has 0 N–H and O–H groups in total. The first-order valence-corrected chi connectivity index (χ1v) is 14.5. The normalized spacial score (nSPS) is 17.8. The summed E-state index contributed by atoms with van der Waals surface area (Å²) in [5.74, 6) is 1.47. The van der Waals surface area contributed by atoms with Gasteiger partial charge >= 0.3 is 0 Å². The van der Waals surface area contributed by atoms with Gasteiger partial charge in [0, 0.05) is 13.0 Å².